The van der Waals surface area contributed by atoms with Gasteiger partial charge in [0.05, 0.1) is 27.9 Å². The number of nitrogens with one attached hydrogen (secondary N) is 2. The molecule has 31 heavy (non-hydrogen) atoms. The van der Waals surface area contributed by atoms with Gasteiger partial charge in [-0.25, -0.2) is 9.67 Å². The minimum absolute atomic E-state index is 0.0788. The van der Waals surface area contributed by atoms with Gasteiger partial charge in [0.1, 0.15) is 5.69 Å². The van der Waals surface area contributed by atoms with Gasteiger partial charge in [-0.15, -0.1) is 0 Å². The number of carbonyl (C=O) groups is 2. The van der Waals surface area contributed by atoms with Gasteiger partial charge in [-0.3, -0.25) is 9.59 Å². The molecular formula is C21H16Cl2N6O2. The smallest absolute Gasteiger partial charge is 0.274 e. The third-order valence-corrected chi connectivity index (χ3v) is 5.19. The molecule has 2 aromatic heterocycles. The van der Waals surface area contributed by atoms with Gasteiger partial charge in [-0.05, 0) is 49.6 Å². The lowest BCUT2D eigenvalue weighted by Gasteiger charge is -2.15. The van der Waals surface area contributed by atoms with E-state index in [-0.39, 0.29) is 39.2 Å². The molecule has 0 saturated heterocycles. The first kappa shape index (κ1) is 20.8. The zero-order valence-electron chi connectivity index (χ0n) is 16.3. The molecule has 10 heteroatoms. The maximum atomic E-state index is 13.2. The van der Waals surface area contributed by atoms with Crippen molar-refractivity contribution in [3.63, 3.8) is 0 Å². The average molecular weight is 455 g/mol. The summed E-state index contributed by atoms with van der Waals surface area (Å²) in [5, 5.41) is 19.4. The fourth-order valence-corrected chi connectivity index (χ4v) is 3.45. The van der Waals surface area contributed by atoms with Gasteiger partial charge < -0.3 is 10.6 Å². The van der Waals surface area contributed by atoms with Crippen molar-refractivity contribution in [2.45, 2.75) is 25.8 Å². The molecule has 0 unspecified atom stereocenters. The number of aryl methyl sites for hydroxylation is 1. The van der Waals surface area contributed by atoms with Gasteiger partial charge in [-0.1, -0.05) is 23.2 Å². The van der Waals surface area contributed by atoms with E-state index >= 15 is 0 Å². The lowest BCUT2D eigenvalue weighted by atomic mass is 10.0. The van der Waals surface area contributed by atoms with Crippen molar-refractivity contribution in [2.24, 2.45) is 0 Å². The van der Waals surface area contributed by atoms with Crippen molar-refractivity contribution < 1.29 is 9.59 Å². The Hall–Kier alpha value is -3.41. The topological polar surface area (TPSA) is 113 Å². The van der Waals surface area contributed by atoms with Crippen LogP contribution in [0.25, 0.3) is 5.82 Å². The SMILES string of the molecule is Cc1cc(C#N)cc(C(=O)NC2CC2)c1NC(=O)c1cc(Cl)nn1-c1ncccc1Cl. The van der Waals surface area contributed by atoms with Crippen LogP contribution in [0.15, 0.2) is 36.5 Å². The summed E-state index contributed by atoms with van der Waals surface area (Å²) in [6.07, 6.45) is 3.34. The predicted octanol–water partition coefficient (Wildman–Crippen LogP) is 3.90. The monoisotopic (exact) mass is 454 g/mol. The molecule has 1 aliphatic rings. The summed E-state index contributed by atoms with van der Waals surface area (Å²) in [5.74, 6) is -0.670. The second-order valence-electron chi connectivity index (χ2n) is 7.10. The molecule has 0 spiro atoms. The second-order valence-corrected chi connectivity index (χ2v) is 7.90. The van der Waals surface area contributed by atoms with Crippen LogP contribution in [-0.2, 0) is 0 Å². The number of amides is 2. The molecule has 1 aromatic carbocycles. The summed E-state index contributed by atoms with van der Waals surface area (Å²) in [7, 11) is 0. The van der Waals surface area contributed by atoms with E-state index in [4.69, 9.17) is 23.2 Å². The minimum atomic E-state index is -0.561. The summed E-state index contributed by atoms with van der Waals surface area (Å²) >= 11 is 12.3. The van der Waals surface area contributed by atoms with Crippen LogP contribution in [0.5, 0.6) is 0 Å². The number of nitriles is 1. The molecule has 0 bridgehead atoms. The van der Waals surface area contributed by atoms with E-state index in [9.17, 15) is 14.9 Å². The largest absolute Gasteiger partial charge is 0.349 e. The summed E-state index contributed by atoms with van der Waals surface area (Å²) in [6.45, 7) is 1.71. The quantitative estimate of drug-likeness (QED) is 0.606. The number of aromatic nitrogens is 3. The lowest BCUT2D eigenvalue weighted by Crippen LogP contribution is -2.28. The number of benzene rings is 1. The number of carbonyl (C=O) groups excluding carboxylic acids is 2. The number of anilines is 1. The number of halogens is 2. The fourth-order valence-electron chi connectivity index (χ4n) is 3.07. The molecule has 2 heterocycles. The van der Waals surface area contributed by atoms with Crippen LogP contribution >= 0.6 is 23.2 Å². The molecule has 4 rings (SSSR count). The molecule has 3 aromatic rings. The van der Waals surface area contributed by atoms with Gasteiger partial charge in [0.15, 0.2) is 11.0 Å². The summed E-state index contributed by atoms with van der Waals surface area (Å²) in [5.41, 5.74) is 1.50. The van der Waals surface area contributed by atoms with Crippen LogP contribution in [0, 0.1) is 18.3 Å². The van der Waals surface area contributed by atoms with Crippen LogP contribution in [0.4, 0.5) is 5.69 Å². The van der Waals surface area contributed by atoms with Crippen molar-refractivity contribution in [1.29, 1.82) is 5.26 Å². The first-order valence-electron chi connectivity index (χ1n) is 9.41. The third kappa shape index (κ3) is 4.38. The highest BCUT2D eigenvalue weighted by Crippen LogP contribution is 2.27. The van der Waals surface area contributed by atoms with E-state index < -0.39 is 5.91 Å². The number of hydrogen-bond acceptors (Lipinski definition) is 5. The zero-order chi connectivity index (χ0) is 22.1. The highest BCUT2D eigenvalue weighted by molar-refractivity contribution is 6.32. The van der Waals surface area contributed by atoms with Gasteiger partial charge in [0, 0.05) is 18.3 Å². The molecule has 0 aliphatic heterocycles. The number of nitrogens with zero attached hydrogens (tertiary/aromatic N) is 4. The van der Waals surface area contributed by atoms with Crippen molar-refractivity contribution in [2.75, 3.05) is 5.32 Å². The highest BCUT2D eigenvalue weighted by Gasteiger charge is 2.27. The Kier molecular flexibility index (Phi) is 5.63. The molecule has 1 saturated carbocycles. The number of hydrogen-bond donors (Lipinski definition) is 2. The second kappa shape index (κ2) is 8.38. The van der Waals surface area contributed by atoms with Crippen molar-refractivity contribution in [1.82, 2.24) is 20.1 Å². The fraction of sp³-hybridized carbons (Fsp3) is 0.190. The standard InChI is InChI=1S/C21H16Cl2N6O2/c1-11-7-12(10-24)8-14(20(30)26-13-4-5-13)18(11)27-21(31)16-9-17(23)28-29(16)19-15(22)3-2-6-25-19/h2-3,6-9,13H,4-5H2,1H3,(H,26,30)(H,27,31). The predicted molar refractivity (Wildman–Crippen MR) is 116 cm³/mol. The van der Waals surface area contributed by atoms with Gasteiger partial charge in [0.25, 0.3) is 11.8 Å². The zero-order valence-corrected chi connectivity index (χ0v) is 17.8. The van der Waals surface area contributed by atoms with Gasteiger partial charge in [-0.2, -0.15) is 10.4 Å². The third-order valence-electron chi connectivity index (χ3n) is 4.71. The van der Waals surface area contributed by atoms with Crippen molar-refractivity contribution in [3.8, 4) is 11.9 Å². The number of pyridine rings is 1. The van der Waals surface area contributed by atoms with Crippen LogP contribution in [0.1, 0.15) is 44.8 Å². The Balaban J connectivity index is 1.72. The Morgan fingerprint density at radius 2 is 2.00 bits per heavy atom. The molecule has 1 fully saturated rings. The van der Waals surface area contributed by atoms with Crippen LogP contribution in [0.3, 0.4) is 0 Å². The maximum absolute atomic E-state index is 13.2. The first-order valence-corrected chi connectivity index (χ1v) is 10.2. The Morgan fingerprint density at radius 3 is 2.68 bits per heavy atom. The van der Waals surface area contributed by atoms with E-state index in [1.165, 1.54) is 23.0 Å². The summed E-state index contributed by atoms with van der Waals surface area (Å²) < 4.78 is 1.24. The van der Waals surface area contributed by atoms with Crippen LogP contribution in [-0.4, -0.2) is 32.6 Å². The number of rotatable bonds is 5. The van der Waals surface area contributed by atoms with E-state index in [1.807, 2.05) is 6.07 Å². The van der Waals surface area contributed by atoms with E-state index in [1.54, 1.807) is 25.1 Å². The maximum Gasteiger partial charge on any atom is 0.274 e. The van der Waals surface area contributed by atoms with Crippen LogP contribution in [0.2, 0.25) is 10.2 Å². The Labute approximate surface area is 187 Å². The van der Waals surface area contributed by atoms with Crippen molar-refractivity contribution >= 4 is 40.7 Å². The Bertz CT molecular complexity index is 1240. The molecule has 8 nitrogen and oxygen atoms in total. The van der Waals surface area contributed by atoms with E-state index in [0.717, 1.165) is 12.8 Å². The molecule has 156 valence electrons. The Morgan fingerprint density at radius 1 is 1.23 bits per heavy atom. The van der Waals surface area contributed by atoms with Crippen molar-refractivity contribution in [3.05, 3.63) is 69.1 Å². The minimum Gasteiger partial charge on any atom is -0.349 e. The molecule has 2 N–H and O–H groups in total. The highest BCUT2D eigenvalue weighted by atomic mass is 35.5. The molecule has 0 radical (unpaired) electrons. The molecular weight excluding hydrogens is 439 g/mol. The van der Waals surface area contributed by atoms with Gasteiger partial charge >= 0.3 is 0 Å². The summed E-state index contributed by atoms with van der Waals surface area (Å²) in [4.78, 5) is 30.1. The average Bonchev–Trinajstić information content (AvgIpc) is 3.47. The normalized spacial score (nSPS) is 12.8. The van der Waals surface area contributed by atoms with Crippen LogP contribution < -0.4 is 10.6 Å². The summed E-state index contributed by atoms with van der Waals surface area (Å²) in [6, 6.07) is 9.87. The van der Waals surface area contributed by atoms with E-state index in [2.05, 4.69) is 20.7 Å². The van der Waals surface area contributed by atoms with E-state index in [0.29, 0.717) is 16.8 Å². The molecule has 2 amide bonds. The van der Waals surface area contributed by atoms with Gasteiger partial charge in [0.2, 0.25) is 0 Å². The first-order chi connectivity index (χ1) is 14.9. The lowest BCUT2D eigenvalue weighted by molar-refractivity contribution is 0.0952. The molecule has 0 atom stereocenters. The molecule has 1 aliphatic carbocycles.